The van der Waals surface area contributed by atoms with E-state index in [4.69, 9.17) is 4.74 Å². The van der Waals surface area contributed by atoms with Gasteiger partial charge in [-0.2, -0.15) is 5.10 Å². The van der Waals surface area contributed by atoms with Crippen LogP contribution in [0.25, 0.3) is 22.3 Å². The van der Waals surface area contributed by atoms with Gasteiger partial charge in [-0.3, -0.25) is 4.79 Å². The van der Waals surface area contributed by atoms with Gasteiger partial charge in [-0.15, -0.1) is 0 Å². The van der Waals surface area contributed by atoms with Crippen LogP contribution in [-0.4, -0.2) is 27.8 Å². The van der Waals surface area contributed by atoms with Crippen molar-refractivity contribution in [3.05, 3.63) is 71.4 Å². The number of anilines is 1. The van der Waals surface area contributed by atoms with Gasteiger partial charge in [0.25, 0.3) is 6.43 Å². The smallest absolute Gasteiger partial charge is 0.264 e. The number of carbonyl (C=O) groups is 1. The summed E-state index contributed by atoms with van der Waals surface area (Å²) in [5, 5.41) is 7.41. The number of ether oxygens (including phenoxy) is 1. The van der Waals surface area contributed by atoms with Crippen molar-refractivity contribution in [3.8, 4) is 17.0 Å². The molecule has 0 aliphatic carbocycles. The lowest BCUT2D eigenvalue weighted by molar-refractivity contribution is -0.116. The molecule has 0 saturated carbocycles. The van der Waals surface area contributed by atoms with Crippen molar-refractivity contribution in [2.24, 2.45) is 0 Å². The van der Waals surface area contributed by atoms with Crippen LogP contribution < -0.4 is 10.1 Å². The van der Waals surface area contributed by atoms with E-state index in [2.05, 4.69) is 15.4 Å². The average molecular weight is 436 g/mol. The number of nitrogens with one attached hydrogen (secondary N) is 1. The number of alkyl halides is 2. The fraction of sp³-hybridized carbons (Fsp3) is 0.208. The van der Waals surface area contributed by atoms with Crippen LogP contribution in [0, 0.1) is 13.8 Å². The maximum atomic E-state index is 13.9. The van der Waals surface area contributed by atoms with Gasteiger partial charge < -0.3 is 10.1 Å². The first kappa shape index (κ1) is 21.4. The van der Waals surface area contributed by atoms with Crippen LogP contribution in [0.2, 0.25) is 0 Å². The number of rotatable bonds is 6. The summed E-state index contributed by atoms with van der Waals surface area (Å²) >= 11 is 0. The number of aryl methyl sites for hydroxylation is 2. The first-order valence-corrected chi connectivity index (χ1v) is 10.0. The van der Waals surface area contributed by atoms with Crippen LogP contribution >= 0.6 is 0 Å². The Morgan fingerprint density at radius 3 is 2.56 bits per heavy atom. The number of benzene rings is 2. The van der Waals surface area contributed by atoms with Gasteiger partial charge in [0.05, 0.1) is 29.6 Å². The topological polar surface area (TPSA) is 69.0 Å². The van der Waals surface area contributed by atoms with E-state index in [1.54, 1.807) is 31.2 Å². The van der Waals surface area contributed by atoms with E-state index >= 15 is 0 Å². The third kappa shape index (κ3) is 4.16. The molecule has 0 atom stereocenters. The van der Waals surface area contributed by atoms with Crippen LogP contribution in [0.3, 0.4) is 0 Å². The summed E-state index contributed by atoms with van der Waals surface area (Å²) in [7, 11) is 1.52. The van der Waals surface area contributed by atoms with Gasteiger partial charge in [-0.05, 0) is 37.6 Å². The van der Waals surface area contributed by atoms with Crippen molar-refractivity contribution in [1.29, 1.82) is 0 Å². The molecule has 6 nitrogen and oxygen atoms in total. The van der Waals surface area contributed by atoms with E-state index in [9.17, 15) is 13.6 Å². The molecule has 8 heteroatoms. The van der Waals surface area contributed by atoms with Gasteiger partial charge >= 0.3 is 0 Å². The van der Waals surface area contributed by atoms with E-state index < -0.39 is 6.43 Å². The minimum atomic E-state index is -2.70. The Kier molecular flexibility index (Phi) is 5.85. The molecule has 4 aromatic rings. The van der Waals surface area contributed by atoms with Gasteiger partial charge in [-0.25, -0.2) is 18.4 Å². The summed E-state index contributed by atoms with van der Waals surface area (Å²) < 4.78 is 34.5. The second-order valence-electron chi connectivity index (χ2n) is 7.46. The molecule has 0 aliphatic heterocycles. The van der Waals surface area contributed by atoms with Crippen LogP contribution in [0.4, 0.5) is 14.5 Å². The first-order valence-electron chi connectivity index (χ1n) is 10.0. The molecule has 4 rings (SSSR count). The molecule has 2 aromatic heterocycles. The van der Waals surface area contributed by atoms with Crippen LogP contribution in [0.1, 0.15) is 23.2 Å². The zero-order chi connectivity index (χ0) is 22.8. The first-order chi connectivity index (χ1) is 15.4. The highest BCUT2D eigenvalue weighted by molar-refractivity contribution is 5.93. The molecule has 0 saturated heterocycles. The molecule has 0 fully saturated rings. The van der Waals surface area contributed by atoms with Gasteiger partial charge in [0.15, 0.2) is 5.65 Å². The largest absolute Gasteiger partial charge is 0.495 e. The number of methoxy groups -OCH3 is 1. The predicted molar refractivity (Wildman–Crippen MR) is 119 cm³/mol. The molecule has 0 unspecified atom stereocenters. The van der Waals surface area contributed by atoms with E-state index in [1.165, 1.54) is 17.9 Å². The van der Waals surface area contributed by atoms with E-state index in [0.717, 1.165) is 5.56 Å². The molecule has 0 bridgehead atoms. The number of carbonyl (C=O) groups excluding carboxylic acids is 1. The number of aromatic nitrogens is 3. The number of halogens is 2. The number of amides is 1. The maximum absolute atomic E-state index is 13.9. The molecule has 0 aliphatic rings. The SMILES string of the molecule is COc1ccc(C)cc1NC(=O)Cn1nc(C)c2c(C(F)F)cc(-c3ccccc3)nc21. The molecule has 1 N–H and O–H groups in total. The molecule has 1 amide bonds. The molecule has 2 heterocycles. The van der Waals surface area contributed by atoms with Gasteiger partial charge in [0.2, 0.25) is 5.91 Å². The zero-order valence-electron chi connectivity index (χ0n) is 17.9. The lowest BCUT2D eigenvalue weighted by Gasteiger charge is -2.12. The standard InChI is InChI=1S/C24H22F2N4O2/c1-14-9-10-20(32-3)19(11-14)27-21(31)13-30-24-22(15(2)29-30)17(23(25)26)12-18(28-24)16-7-5-4-6-8-16/h4-12,23H,13H2,1-3H3,(H,27,31). The van der Waals surface area contributed by atoms with Crippen LogP contribution in [0.5, 0.6) is 5.75 Å². The number of hydrogen-bond acceptors (Lipinski definition) is 4. The third-order valence-electron chi connectivity index (χ3n) is 5.13. The summed E-state index contributed by atoms with van der Waals surface area (Å²) in [6.07, 6.45) is -2.70. The van der Waals surface area contributed by atoms with Crippen molar-refractivity contribution in [3.63, 3.8) is 0 Å². The highest BCUT2D eigenvalue weighted by Crippen LogP contribution is 2.33. The van der Waals surface area contributed by atoms with E-state index in [0.29, 0.717) is 28.4 Å². The van der Waals surface area contributed by atoms with Crippen molar-refractivity contribution in [2.45, 2.75) is 26.8 Å². The van der Waals surface area contributed by atoms with Crippen molar-refractivity contribution < 1.29 is 18.3 Å². The lowest BCUT2D eigenvalue weighted by Crippen LogP contribution is -2.20. The van der Waals surface area contributed by atoms with Crippen LogP contribution in [-0.2, 0) is 11.3 Å². The zero-order valence-corrected chi connectivity index (χ0v) is 17.9. The number of nitrogens with zero attached hydrogens (tertiary/aromatic N) is 3. The Morgan fingerprint density at radius 2 is 1.88 bits per heavy atom. The minimum Gasteiger partial charge on any atom is -0.495 e. The van der Waals surface area contributed by atoms with E-state index in [1.807, 2.05) is 31.2 Å². The monoisotopic (exact) mass is 436 g/mol. The molecule has 2 aromatic carbocycles. The molecule has 32 heavy (non-hydrogen) atoms. The Bertz CT molecular complexity index is 1290. The number of pyridine rings is 1. The van der Waals surface area contributed by atoms with Gasteiger partial charge in [-0.1, -0.05) is 36.4 Å². The van der Waals surface area contributed by atoms with Gasteiger partial charge in [0.1, 0.15) is 12.3 Å². The minimum absolute atomic E-state index is 0.154. The third-order valence-corrected chi connectivity index (χ3v) is 5.13. The molecular formula is C24H22F2N4O2. The molecule has 164 valence electrons. The molecule has 0 spiro atoms. The highest BCUT2D eigenvalue weighted by atomic mass is 19.3. The number of fused-ring (bicyclic) bond motifs is 1. The van der Waals surface area contributed by atoms with Crippen molar-refractivity contribution in [1.82, 2.24) is 14.8 Å². The Labute approximate surface area is 183 Å². The summed E-state index contributed by atoms with van der Waals surface area (Å²) in [6, 6.07) is 15.9. The summed E-state index contributed by atoms with van der Waals surface area (Å²) in [4.78, 5) is 17.4. The van der Waals surface area contributed by atoms with Crippen molar-refractivity contribution in [2.75, 3.05) is 12.4 Å². The predicted octanol–water partition coefficient (Wildman–Crippen LogP) is 5.30. The number of hydrogen-bond donors (Lipinski definition) is 1. The normalized spacial score (nSPS) is 11.2. The summed E-state index contributed by atoms with van der Waals surface area (Å²) in [6.45, 7) is 3.35. The fourth-order valence-electron chi connectivity index (χ4n) is 3.67. The highest BCUT2D eigenvalue weighted by Gasteiger charge is 2.22. The lowest BCUT2D eigenvalue weighted by atomic mass is 10.1. The van der Waals surface area contributed by atoms with Gasteiger partial charge in [0, 0.05) is 11.1 Å². The quantitative estimate of drug-likeness (QED) is 0.445. The molecule has 0 radical (unpaired) electrons. The second kappa shape index (κ2) is 8.74. The Hall–Kier alpha value is -3.81. The van der Waals surface area contributed by atoms with Crippen molar-refractivity contribution >= 4 is 22.6 Å². The average Bonchev–Trinajstić information content (AvgIpc) is 3.08. The maximum Gasteiger partial charge on any atom is 0.264 e. The second-order valence-corrected chi connectivity index (χ2v) is 7.46. The fourth-order valence-corrected chi connectivity index (χ4v) is 3.67. The Morgan fingerprint density at radius 1 is 1.12 bits per heavy atom. The molecular weight excluding hydrogens is 414 g/mol. The summed E-state index contributed by atoms with van der Waals surface area (Å²) in [5.74, 6) is 0.152. The Balaban J connectivity index is 1.74. The van der Waals surface area contributed by atoms with E-state index in [-0.39, 0.29) is 29.0 Å². The van der Waals surface area contributed by atoms with Crippen LogP contribution in [0.15, 0.2) is 54.6 Å². The summed E-state index contributed by atoms with van der Waals surface area (Å²) in [5.41, 5.74) is 3.06.